The molecule has 1 saturated carbocycles. The van der Waals surface area contributed by atoms with Gasteiger partial charge in [-0.25, -0.2) is 9.48 Å². The summed E-state index contributed by atoms with van der Waals surface area (Å²) in [6, 6.07) is 6.54. The van der Waals surface area contributed by atoms with Gasteiger partial charge in [0, 0.05) is 16.7 Å². The molecule has 4 rings (SSSR count). The van der Waals surface area contributed by atoms with Gasteiger partial charge in [0.1, 0.15) is 0 Å². The van der Waals surface area contributed by atoms with E-state index in [0.29, 0.717) is 5.56 Å². The van der Waals surface area contributed by atoms with Crippen LogP contribution < -0.4 is 5.56 Å². The molecule has 1 fully saturated rings. The second-order valence-electron chi connectivity index (χ2n) is 8.29. The van der Waals surface area contributed by atoms with Crippen molar-refractivity contribution in [2.45, 2.75) is 57.9 Å². The zero-order valence-electron chi connectivity index (χ0n) is 15.1. The van der Waals surface area contributed by atoms with E-state index in [-0.39, 0.29) is 33.9 Å². The van der Waals surface area contributed by atoms with Crippen molar-refractivity contribution in [2.24, 2.45) is 5.41 Å². The van der Waals surface area contributed by atoms with Crippen molar-refractivity contribution in [1.29, 1.82) is 0 Å². The van der Waals surface area contributed by atoms with Crippen molar-refractivity contribution in [3.8, 4) is 0 Å². The lowest BCUT2D eigenvalue weighted by Gasteiger charge is -2.35. The van der Waals surface area contributed by atoms with E-state index >= 15 is 0 Å². The molecule has 0 aliphatic heterocycles. The van der Waals surface area contributed by atoms with E-state index in [1.807, 2.05) is 13.0 Å². The number of aromatic carboxylic acids is 1. The summed E-state index contributed by atoms with van der Waals surface area (Å²) in [5, 5.41) is 12.8. The third-order valence-corrected chi connectivity index (χ3v) is 7.11. The van der Waals surface area contributed by atoms with Gasteiger partial charge in [-0.3, -0.25) is 9.89 Å². The summed E-state index contributed by atoms with van der Waals surface area (Å²) in [6.45, 7) is 8.64. The number of carbonyl (C=O) groups is 1. The van der Waals surface area contributed by atoms with Crippen LogP contribution in [-0.2, 0) is 5.41 Å². The van der Waals surface area contributed by atoms with Crippen LogP contribution in [0.5, 0.6) is 0 Å². The highest BCUT2D eigenvalue weighted by Gasteiger charge is 2.62. The smallest absolute Gasteiger partial charge is 0.336 e. The minimum absolute atomic E-state index is 0.00388. The van der Waals surface area contributed by atoms with E-state index in [1.165, 1.54) is 0 Å². The Morgan fingerprint density at radius 3 is 2.64 bits per heavy atom. The molecule has 3 atom stereocenters. The van der Waals surface area contributed by atoms with Crippen LogP contribution in [-0.4, -0.2) is 20.9 Å². The largest absolute Gasteiger partial charge is 0.478 e. The van der Waals surface area contributed by atoms with Gasteiger partial charge in [0.2, 0.25) is 0 Å². The first-order valence-corrected chi connectivity index (χ1v) is 8.87. The molecule has 0 spiro atoms. The highest BCUT2D eigenvalue weighted by molar-refractivity contribution is 5.89. The van der Waals surface area contributed by atoms with Crippen LogP contribution in [0, 0.1) is 5.41 Å². The Balaban J connectivity index is 1.86. The van der Waals surface area contributed by atoms with Crippen molar-refractivity contribution in [2.75, 3.05) is 0 Å². The SMILES string of the molecule is CC(c1ccccc1C(=O)O)n1[nH]c2c(c1=O)[C@H]1CC[C@]2(C)C1(C)C. The maximum Gasteiger partial charge on any atom is 0.336 e. The highest BCUT2D eigenvalue weighted by atomic mass is 16.4. The van der Waals surface area contributed by atoms with Gasteiger partial charge in [-0.1, -0.05) is 39.0 Å². The summed E-state index contributed by atoms with van der Waals surface area (Å²) in [7, 11) is 0. The van der Waals surface area contributed by atoms with Gasteiger partial charge in [0.25, 0.3) is 5.56 Å². The number of fused-ring (bicyclic) bond motifs is 5. The fraction of sp³-hybridized carbons (Fsp3) is 0.500. The van der Waals surface area contributed by atoms with Crippen LogP contribution in [0.1, 0.15) is 79.7 Å². The number of hydrogen-bond acceptors (Lipinski definition) is 2. The number of carboxylic acid groups (broad SMARTS) is 1. The molecule has 1 aromatic carbocycles. The predicted octanol–water partition coefficient (Wildman–Crippen LogP) is 3.66. The minimum Gasteiger partial charge on any atom is -0.478 e. The van der Waals surface area contributed by atoms with E-state index in [0.717, 1.165) is 24.1 Å². The summed E-state index contributed by atoms with van der Waals surface area (Å²) in [4.78, 5) is 24.7. The maximum absolute atomic E-state index is 13.2. The number of aromatic amines is 1. The molecule has 2 aliphatic carbocycles. The molecule has 1 heterocycles. The van der Waals surface area contributed by atoms with E-state index in [1.54, 1.807) is 22.9 Å². The molecular weight excluding hydrogens is 316 g/mol. The molecule has 2 bridgehead atoms. The predicted molar refractivity (Wildman–Crippen MR) is 95.4 cm³/mol. The Hall–Kier alpha value is -2.30. The van der Waals surface area contributed by atoms with Crippen LogP contribution in [0.2, 0.25) is 0 Å². The van der Waals surface area contributed by atoms with Gasteiger partial charge in [0.15, 0.2) is 0 Å². The van der Waals surface area contributed by atoms with Crippen molar-refractivity contribution in [1.82, 2.24) is 9.78 Å². The third-order valence-electron chi connectivity index (χ3n) is 7.11. The van der Waals surface area contributed by atoms with Gasteiger partial charge >= 0.3 is 5.97 Å². The average Bonchev–Trinajstić information content (AvgIpc) is 3.09. The fourth-order valence-electron chi connectivity index (χ4n) is 5.13. The van der Waals surface area contributed by atoms with Gasteiger partial charge in [-0.2, -0.15) is 0 Å². The number of nitrogens with zero attached hydrogens (tertiary/aromatic N) is 1. The number of carboxylic acids is 1. The van der Waals surface area contributed by atoms with Gasteiger partial charge in [-0.15, -0.1) is 0 Å². The number of rotatable bonds is 3. The van der Waals surface area contributed by atoms with Crippen LogP contribution in [0.3, 0.4) is 0 Å². The standard InChI is InChI=1S/C20H24N2O3/c1-11(12-7-5-6-8-13(12)18(24)25)22-17(23)15-14-9-10-20(4,16(15)21-22)19(14,2)3/h5-8,11,14,21H,9-10H2,1-4H3,(H,24,25)/t11?,14-,20+/m1/s1. The summed E-state index contributed by atoms with van der Waals surface area (Å²) < 4.78 is 1.62. The topological polar surface area (TPSA) is 75.1 Å². The first-order valence-electron chi connectivity index (χ1n) is 8.87. The number of aromatic nitrogens is 2. The molecule has 132 valence electrons. The number of H-pyrrole nitrogens is 1. The van der Waals surface area contributed by atoms with Gasteiger partial charge in [-0.05, 0) is 42.7 Å². The molecule has 0 radical (unpaired) electrons. The zero-order valence-corrected chi connectivity index (χ0v) is 15.1. The molecule has 5 heteroatoms. The number of nitrogens with one attached hydrogen (secondary N) is 1. The molecule has 2 aliphatic rings. The van der Waals surface area contributed by atoms with Crippen molar-refractivity contribution < 1.29 is 9.90 Å². The lowest BCUT2D eigenvalue weighted by atomic mass is 9.70. The molecule has 0 saturated heterocycles. The Bertz CT molecular complexity index is 937. The van der Waals surface area contributed by atoms with Gasteiger partial charge in [0.05, 0.1) is 11.6 Å². The van der Waals surface area contributed by atoms with E-state index in [9.17, 15) is 14.7 Å². The van der Waals surface area contributed by atoms with Crippen LogP contribution in [0.15, 0.2) is 29.1 Å². The Morgan fingerprint density at radius 1 is 1.32 bits per heavy atom. The first-order chi connectivity index (χ1) is 11.7. The van der Waals surface area contributed by atoms with Crippen molar-refractivity contribution in [3.63, 3.8) is 0 Å². The van der Waals surface area contributed by atoms with Gasteiger partial charge < -0.3 is 5.11 Å². The second kappa shape index (κ2) is 4.87. The Morgan fingerprint density at radius 2 is 2.00 bits per heavy atom. The first kappa shape index (κ1) is 16.2. The van der Waals surface area contributed by atoms with E-state index < -0.39 is 5.97 Å². The summed E-state index contributed by atoms with van der Waals surface area (Å²) in [5.41, 5.74) is 2.92. The number of hydrogen-bond donors (Lipinski definition) is 2. The molecule has 25 heavy (non-hydrogen) atoms. The lowest BCUT2D eigenvalue weighted by molar-refractivity contribution is 0.0695. The van der Waals surface area contributed by atoms with Crippen LogP contribution in [0.25, 0.3) is 0 Å². The summed E-state index contributed by atoms with van der Waals surface area (Å²) in [6.07, 6.45) is 2.13. The van der Waals surface area contributed by atoms with Crippen molar-refractivity contribution in [3.05, 3.63) is 57.0 Å². The lowest BCUT2D eigenvalue weighted by Crippen LogP contribution is -2.33. The average molecular weight is 340 g/mol. The minimum atomic E-state index is -0.970. The van der Waals surface area contributed by atoms with Crippen molar-refractivity contribution >= 4 is 5.97 Å². The number of benzene rings is 1. The highest BCUT2D eigenvalue weighted by Crippen LogP contribution is 2.66. The van der Waals surface area contributed by atoms with Crippen LogP contribution >= 0.6 is 0 Å². The van der Waals surface area contributed by atoms with Crippen LogP contribution in [0.4, 0.5) is 0 Å². The Kier molecular flexibility index (Phi) is 3.15. The monoisotopic (exact) mass is 340 g/mol. The Labute approximate surface area is 146 Å². The quantitative estimate of drug-likeness (QED) is 0.895. The molecule has 1 aromatic heterocycles. The van der Waals surface area contributed by atoms with E-state index in [2.05, 4.69) is 25.9 Å². The summed E-state index contributed by atoms with van der Waals surface area (Å²) >= 11 is 0. The second-order valence-corrected chi connectivity index (χ2v) is 8.29. The van der Waals surface area contributed by atoms with E-state index in [4.69, 9.17) is 0 Å². The molecule has 5 nitrogen and oxygen atoms in total. The fourth-order valence-corrected chi connectivity index (χ4v) is 5.13. The maximum atomic E-state index is 13.2. The molecule has 0 amide bonds. The molecule has 2 N–H and O–H groups in total. The summed E-state index contributed by atoms with van der Waals surface area (Å²) in [5.74, 6) is -0.692. The molecule has 1 unspecified atom stereocenters. The zero-order chi connectivity index (χ0) is 18.1. The molecule has 2 aromatic rings. The normalized spacial score (nSPS) is 27.3. The molecular formula is C20H24N2O3. The third kappa shape index (κ3) is 1.84.